The van der Waals surface area contributed by atoms with E-state index in [4.69, 9.17) is 0 Å². The molecule has 1 aromatic heterocycles. The summed E-state index contributed by atoms with van der Waals surface area (Å²) in [6, 6.07) is 0. The third-order valence-electron chi connectivity index (χ3n) is 0.577. The average Bonchev–Trinajstić information content (AvgIpc) is 2.12. The zero-order valence-electron chi connectivity index (χ0n) is 4.47. The molecule has 1 radical (unpaired) electrons. The van der Waals surface area contributed by atoms with Gasteiger partial charge >= 0.3 is 6.36 Å². The molecule has 0 aromatic carbocycles. The summed E-state index contributed by atoms with van der Waals surface area (Å²) in [4.78, 5) is 3.27. The molecule has 0 amide bonds. The van der Waals surface area contributed by atoms with Crippen molar-refractivity contribution >= 4 is 11.3 Å². The SMILES string of the molecule is FC(F)(F)Oc1[c]ncs1. The lowest BCUT2D eigenvalue weighted by Crippen LogP contribution is -2.16. The van der Waals surface area contributed by atoms with Gasteiger partial charge in [0.2, 0.25) is 5.06 Å². The molecule has 0 fully saturated rings. The number of ether oxygens (including phenoxy) is 1. The Labute approximate surface area is 58.3 Å². The first kappa shape index (κ1) is 7.33. The first-order valence-electron chi connectivity index (χ1n) is 2.15. The summed E-state index contributed by atoms with van der Waals surface area (Å²) in [5.74, 6) is 0. The summed E-state index contributed by atoms with van der Waals surface area (Å²) in [6.07, 6.45) is -2.62. The van der Waals surface area contributed by atoms with Gasteiger partial charge in [0.1, 0.15) is 6.20 Å². The van der Waals surface area contributed by atoms with Crippen molar-refractivity contribution in [2.75, 3.05) is 0 Å². The van der Waals surface area contributed by atoms with E-state index in [0.29, 0.717) is 0 Å². The quantitative estimate of drug-likeness (QED) is 0.638. The molecule has 55 valence electrons. The van der Waals surface area contributed by atoms with Gasteiger partial charge in [-0.3, -0.25) is 0 Å². The molecule has 1 rings (SSSR count). The van der Waals surface area contributed by atoms with E-state index >= 15 is 0 Å². The minimum absolute atomic E-state index is 0.368. The largest absolute Gasteiger partial charge is 0.573 e. The van der Waals surface area contributed by atoms with Crippen LogP contribution in [0.4, 0.5) is 13.2 Å². The second kappa shape index (κ2) is 2.45. The number of alkyl halides is 3. The lowest BCUT2D eigenvalue weighted by Gasteiger charge is -2.03. The van der Waals surface area contributed by atoms with Crippen LogP contribution in [0.3, 0.4) is 0 Å². The van der Waals surface area contributed by atoms with E-state index in [-0.39, 0.29) is 5.06 Å². The minimum atomic E-state index is -4.64. The highest BCUT2D eigenvalue weighted by Gasteiger charge is 2.31. The van der Waals surface area contributed by atoms with Gasteiger partial charge in [-0.1, -0.05) is 11.3 Å². The fourth-order valence-corrected chi connectivity index (χ4v) is 0.781. The van der Waals surface area contributed by atoms with Crippen LogP contribution in [-0.2, 0) is 0 Å². The molecule has 2 nitrogen and oxygen atoms in total. The Kier molecular flexibility index (Phi) is 1.80. The summed E-state index contributed by atoms with van der Waals surface area (Å²) < 4.78 is 37.5. The number of nitrogens with zero attached hydrogens (tertiary/aromatic N) is 1. The van der Waals surface area contributed by atoms with Crippen molar-refractivity contribution in [2.45, 2.75) is 6.36 Å². The predicted octanol–water partition coefficient (Wildman–Crippen LogP) is 1.84. The van der Waals surface area contributed by atoms with Gasteiger partial charge < -0.3 is 4.74 Å². The summed E-state index contributed by atoms with van der Waals surface area (Å²) in [5.41, 5.74) is 1.21. The Morgan fingerprint density at radius 3 is 2.70 bits per heavy atom. The smallest absolute Gasteiger partial charge is 0.393 e. The van der Waals surface area contributed by atoms with Crippen LogP contribution in [0, 0.1) is 6.20 Å². The second-order valence-electron chi connectivity index (χ2n) is 1.30. The standard InChI is InChI=1S/C4HF3NOS/c5-4(6,7)9-3-1-8-2-10-3/h2H. The van der Waals surface area contributed by atoms with Crippen molar-refractivity contribution in [3.63, 3.8) is 0 Å². The third-order valence-corrected chi connectivity index (χ3v) is 1.18. The van der Waals surface area contributed by atoms with Crippen LogP contribution in [0.15, 0.2) is 5.51 Å². The number of hydrogen-bond acceptors (Lipinski definition) is 3. The molecule has 0 spiro atoms. The van der Waals surface area contributed by atoms with E-state index in [2.05, 4.69) is 9.72 Å². The first-order chi connectivity index (χ1) is 4.58. The molecule has 0 aliphatic carbocycles. The van der Waals surface area contributed by atoms with E-state index in [9.17, 15) is 13.2 Å². The lowest BCUT2D eigenvalue weighted by atomic mass is 10.9. The van der Waals surface area contributed by atoms with Crippen molar-refractivity contribution < 1.29 is 17.9 Å². The molecular weight excluding hydrogens is 167 g/mol. The van der Waals surface area contributed by atoms with Crippen LogP contribution in [0.2, 0.25) is 0 Å². The Morgan fingerprint density at radius 2 is 2.30 bits per heavy atom. The van der Waals surface area contributed by atoms with Gasteiger partial charge in [-0.05, 0) is 0 Å². The monoisotopic (exact) mass is 168 g/mol. The number of thiazole rings is 1. The molecule has 0 atom stereocenters. The number of aromatic nitrogens is 1. The zero-order valence-corrected chi connectivity index (χ0v) is 5.29. The minimum Gasteiger partial charge on any atom is -0.393 e. The maximum atomic E-state index is 11.4. The fourth-order valence-electron chi connectivity index (χ4n) is 0.332. The molecule has 0 saturated carbocycles. The molecule has 1 aromatic rings. The Bertz CT molecular complexity index is 195. The Balaban J connectivity index is 2.57. The molecule has 0 N–H and O–H groups in total. The molecule has 6 heteroatoms. The molecule has 0 unspecified atom stereocenters. The van der Waals surface area contributed by atoms with Crippen LogP contribution in [0.5, 0.6) is 5.06 Å². The second-order valence-corrected chi connectivity index (χ2v) is 2.12. The topological polar surface area (TPSA) is 22.1 Å². The van der Waals surface area contributed by atoms with E-state index in [1.54, 1.807) is 0 Å². The van der Waals surface area contributed by atoms with Crippen LogP contribution in [-0.4, -0.2) is 11.3 Å². The van der Waals surface area contributed by atoms with Gasteiger partial charge in [0.25, 0.3) is 0 Å². The summed E-state index contributed by atoms with van der Waals surface area (Å²) >= 11 is 0.741. The van der Waals surface area contributed by atoms with Gasteiger partial charge in [-0.2, -0.15) is 0 Å². The Morgan fingerprint density at radius 1 is 1.60 bits per heavy atom. The molecule has 0 aliphatic heterocycles. The zero-order chi connectivity index (χ0) is 7.61. The van der Waals surface area contributed by atoms with Crippen LogP contribution in [0.25, 0.3) is 0 Å². The van der Waals surface area contributed by atoms with Crippen molar-refractivity contribution in [1.29, 1.82) is 0 Å². The maximum absolute atomic E-state index is 11.4. The van der Waals surface area contributed by atoms with Gasteiger partial charge in [0.15, 0.2) is 0 Å². The molecule has 1 heterocycles. The van der Waals surface area contributed by atoms with Crippen LogP contribution >= 0.6 is 11.3 Å². The summed E-state index contributed by atoms with van der Waals surface area (Å²) in [7, 11) is 0. The van der Waals surface area contributed by atoms with Crippen molar-refractivity contribution in [3.05, 3.63) is 11.7 Å². The first-order valence-corrected chi connectivity index (χ1v) is 3.03. The van der Waals surface area contributed by atoms with E-state index in [0.717, 1.165) is 11.3 Å². The highest BCUT2D eigenvalue weighted by molar-refractivity contribution is 7.11. The molecule has 10 heavy (non-hydrogen) atoms. The molecule has 0 aliphatic rings. The van der Waals surface area contributed by atoms with E-state index in [1.807, 2.05) is 6.20 Å². The average molecular weight is 168 g/mol. The van der Waals surface area contributed by atoms with Crippen LogP contribution in [0.1, 0.15) is 0 Å². The molecule has 0 bridgehead atoms. The van der Waals surface area contributed by atoms with Crippen molar-refractivity contribution in [3.8, 4) is 5.06 Å². The summed E-state index contributed by atoms with van der Waals surface area (Å²) in [6.45, 7) is 0. The summed E-state index contributed by atoms with van der Waals surface area (Å²) in [5, 5.41) is -0.368. The van der Waals surface area contributed by atoms with Gasteiger partial charge in [-0.25, -0.2) is 4.98 Å². The molecular formula is C4HF3NOS. The van der Waals surface area contributed by atoms with E-state index < -0.39 is 6.36 Å². The number of rotatable bonds is 1. The third kappa shape index (κ3) is 2.22. The maximum Gasteiger partial charge on any atom is 0.573 e. The van der Waals surface area contributed by atoms with Crippen molar-refractivity contribution in [2.24, 2.45) is 0 Å². The van der Waals surface area contributed by atoms with E-state index in [1.165, 1.54) is 5.51 Å². The highest BCUT2D eigenvalue weighted by Crippen LogP contribution is 2.24. The fraction of sp³-hybridized carbons (Fsp3) is 0.250. The predicted molar refractivity (Wildman–Crippen MR) is 27.6 cm³/mol. The van der Waals surface area contributed by atoms with Crippen LogP contribution < -0.4 is 4.74 Å². The highest BCUT2D eigenvalue weighted by atomic mass is 32.1. The number of hydrogen-bond donors (Lipinski definition) is 0. The van der Waals surface area contributed by atoms with Gasteiger partial charge in [0, 0.05) is 0 Å². The van der Waals surface area contributed by atoms with Gasteiger partial charge in [0.05, 0.1) is 5.51 Å². The van der Waals surface area contributed by atoms with Crippen molar-refractivity contribution in [1.82, 2.24) is 4.98 Å². The Hall–Kier alpha value is -0.780. The van der Waals surface area contributed by atoms with Gasteiger partial charge in [-0.15, -0.1) is 13.2 Å². The normalized spacial score (nSPS) is 11.5. The number of halogens is 3. The lowest BCUT2D eigenvalue weighted by molar-refractivity contribution is -0.273. The molecule has 0 saturated heterocycles.